The van der Waals surface area contributed by atoms with E-state index in [1.807, 2.05) is 6.07 Å². The second kappa shape index (κ2) is 4.80. The number of benzene rings is 1. The summed E-state index contributed by atoms with van der Waals surface area (Å²) in [5, 5.41) is 9.82. The number of nitrogens with zero attached hydrogens (tertiary/aromatic N) is 3. The standard InChI is InChI=1S/C10H7BrN4O/c11-8-3-1-2-7(6-8)9(16)14-10-12-4-5-13-15-10/h1-6H,(H,12,14,15,16). The number of aromatic nitrogens is 3. The molecule has 0 saturated carbocycles. The van der Waals surface area contributed by atoms with Crippen molar-refractivity contribution in [2.24, 2.45) is 0 Å². The molecule has 6 heteroatoms. The first-order valence-corrected chi connectivity index (χ1v) is 5.25. The zero-order valence-electron chi connectivity index (χ0n) is 8.09. The van der Waals surface area contributed by atoms with Crippen molar-refractivity contribution in [3.8, 4) is 0 Å². The van der Waals surface area contributed by atoms with E-state index < -0.39 is 0 Å². The smallest absolute Gasteiger partial charge is 0.258 e. The average molecular weight is 279 g/mol. The van der Waals surface area contributed by atoms with Gasteiger partial charge in [0, 0.05) is 10.0 Å². The molecular formula is C10H7BrN4O. The molecular weight excluding hydrogens is 272 g/mol. The van der Waals surface area contributed by atoms with Crippen molar-refractivity contribution in [3.63, 3.8) is 0 Å². The van der Waals surface area contributed by atoms with Crippen LogP contribution in [0.25, 0.3) is 0 Å². The van der Waals surface area contributed by atoms with E-state index in [4.69, 9.17) is 0 Å². The van der Waals surface area contributed by atoms with Crippen molar-refractivity contribution in [1.82, 2.24) is 15.2 Å². The topological polar surface area (TPSA) is 67.8 Å². The maximum atomic E-state index is 11.7. The Kier molecular flexibility index (Phi) is 3.21. The van der Waals surface area contributed by atoms with Gasteiger partial charge in [-0.25, -0.2) is 4.98 Å². The van der Waals surface area contributed by atoms with Gasteiger partial charge in [-0.1, -0.05) is 22.0 Å². The van der Waals surface area contributed by atoms with Gasteiger partial charge < -0.3 is 0 Å². The summed E-state index contributed by atoms with van der Waals surface area (Å²) in [4.78, 5) is 15.6. The highest BCUT2D eigenvalue weighted by molar-refractivity contribution is 9.10. The molecule has 0 bridgehead atoms. The summed E-state index contributed by atoms with van der Waals surface area (Å²) in [5.74, 6) is -0.0817. The van der Waals surface area contributed by atoms with Gasteiger partial charge in [-0.05, 0) is 18.2 Å². The Morgan fingerprint density at radius 1 is 1.31 bits per heavy atom. The summed E-state index contributed by atoms with van der Waals surface area (Å²) in [6.07, 6.45) is 2.90. The van der Waals surface area contributed by atoms with Crippen molar-refractivity contribution in [2.75, 3.05) is 5.32 Å². The van der Waals surface area contributed by atoms with E-state index in [1.54, 1.807) is 18.2 Å². The summed E-state index contributed by atoms with van der Waals surface area (Å²) in [7, 11) is 0. The van der Waals surface area contributed by atoms with E-state index in [0.717, 1.165) is 4.47 Å². The number of carbonyl (C=O) groups excluding carboxylic acids is 1. The Bertz CT molecular complexity index is 503. The van der Waals surface area contributed by atoms with Crippen LogP contribution in [0, 0.1) is 0 Å². The van der Waals surface area contributed by atoms with Gasteiger partial charge in [-0.3, -0.25) is 10.1 Å². The third-order valence-corrected chi connectivity index (χ3v) is 2.29. The number of carbonyl (C=O) groups is 1. The van der Waals surface area contributed by atoms with Crippen molar-refractivity contribution < 1.29 is 4.79 Å². The number of halogens is 1. The monoisotopic (exact) mass is 278 g/mol. The predicted octanol–water partition coefficient (Wildman–Crippen LogP) is 1.89. The molecule has 16 heavy (non-hydrogen) atoms. The summed E-state index contributed by atoms with van der Waals surface area (Å²) >= 11 is 3.29. The lowest BCUT2D eigenvalue weighted by Gasteiger charge is -2.02. The average Bonchev–Trinajstić information content (AvgIpc) is 2.30. The molecule has 1 N–H and O–H groups in total. The van der Waals surface area contributed by atoms with Gasteiger partial charge in [0.25, 0.3) is 5.91 Å². The molecule has 1 amide bonds. The summed E-state index contributed by atoms with van der Waals surface area (Å²) < 4.78 is 0.840. The minimum Gasteiger partial charge on any atom is -0.289 e. The first-order valence-electron chi connectivity index (χ1n) is 4.46. The van der Waals surface area contributed by atoms with Gasteiger partial charge >= 0.3 is 0 Å². The first kappa shape index (κ1) is 10.7. The lowest BCUT2D eigenvalue weighted by molar-refractivity contribution is 0.102. The summed E-state index contributed by atoms with van der Waals surface area (Å²) in [6.45, 7) is 0. The Balaban J connectivity index is 2.15. The van der Waals surface area contributed by atoms with Gasteiger partial charge in [-0.2, -0.15) is 5.10 Å². The summed E-state index contributed by atoms with van der Waals surface area (Å²) in [6, 6.07) is 7.04. The Labute approximate surface area is 100 Å². The number of hydrogen-bond acceptors (Lipinski definition) is 4. The van der Waals surface area contributed by atoms with Crippen LogP contribution in [0.5, 0.6) is 0 Å². The summed E-state index contributed by atoms with van der Waals surface area (Å²) in [5.41, 5.74) is 0.529. The third-order valence-electron chi connectivity index (χ3n) is 1.79. The van der Waals surface area contributed by atoms with Crippen molar-refractivity contribution in [3.05, 3.63) is 46.7 Å². The molecule has 0 fully saturated rings. The molecule has 0 spiro atoms. The van der Waals surface area contributed by atoms with E-state index in [0.29, 0.717) is 5.56 Å². The van der Waals surface area contributed by atoms with E-state index in [1.165, 1.54) is 12.4 Å². The van der Waals surface area contributed by atoms with E-state index in [9.17, 15) is 4.79 Å². The van der Waals surface area contributed by atoms with Crippen LogP contribution in [0.15, 0.2) is 41.1 Å². The number of anilines is 1. The van der Waals surface area contributed by atoms with Crippen molar-refractivity contribution >= 4 is 27.8 Å². The lowest BCUT2D eigenvalue weighted by Crippen LogP contribution is -2.14. The van der Waals surface area contributed by atoms with Gasteiger partial charge in [0.1, 0.15) is 0 Å². The fourth-order valence-corrected chi connectivity index (χ4v) is 1.51. The highest BCUT2D eigenvalue weighted by atomic mass is 79.9. The molecule has 1 aromatic carbocycles. The fourth-order valence-electron chi connectivity index (χ4n) is 1.11. The Hall–Kier alpha value is -1.82. The highest BCUT2D eigenvalue weighted by Gasteiger charge is 2.07. The Morgan fingerprint density at radius 2 is 2.19 bits per heavy atom. The number of nitrogens with one attached hydrogen (secondary N) is 1. The molecule has 1 heterocycles. The molecule has 0 aliphatic carbocycles. The zero-order valence-corrected chi connectivity index (χ0v) is 9.68. The molecule has 1 aromatic heterocycles. The van der Waals surface area contributed by atoms with Crippen LogP contribution in [-0.2, 0) is 0 Å². The van der Waals surface area contributed by atoms with Crippen LogP contribution in [0.4, 0.5) is 5.95 Å². The van der Waals surface area contributed by atoms with E-state index in [2.05, 4.69) is 36.4 Å². The highest BCUT2D eigenvalue weighted by Crippen LogP contribution is 2.12. The van der Waals surface area contributed by atoms with Crippen molar-refractivity contribution in [2.45, 2.75) is 0 Å². The number of rotatable bonds is 2. The number of hydrogen-bond donors (Lipinski definition) is 1. The minimum atomic E-state index is -0.269. The maximum Gasteiger partial charge on any atom is 0.258 e. The van der Waals surface area contributed by atoms with Crippen LogP contribution in [0.3, 0.4) is 0 Å². The van der Waals surface area contributed by atoms with Gasteiger partial charge in [0.2, 0.25) is 5.95 Å². The molecule has 0 aliphatic rings. The van der Waals surface area contributed by atoms with Gasteiger partial charge in [0.05, 0.1) is 12.4 Å². The lowest BCUT2D eigenvalue weighted by atomic mass is 10.2. The maximum absolute atomic E-state index is 11.7. The van der Waals surface area contributed by atoms with Gasteiger partial charge in [-0.15, -0.1) is 5.10 Å². The van der Waals surface area contributed by atoms with Crippen LogP contribution < -0.4 is 5.32 Å². The Morgan fingerprint density at radius 3 is 2.88 bits per heavy atom. The second-order valence-electron chi connectivity index (χ2n) is 2.93. The van der Waals surface area contributed by atoms with Gasteiger partial charge in [0.15, 0.2) is 0 Å². The molecule has 0 atom stereocenters. The predicted molar refractivity (Wildman–Crippen MR) is 61.9 cm³/mol. The van der Waals surface area contributed by atoms with E-state index >= 15 is 0 Å². The zero-order chi connectivity index (χ0) is 11.4. The minimum absolute atomic E-state index is 0.187. The molecule has 0 unspecified atom stereocenters. The molecule has 0 aliphatic heterocycles. The third kappa shape index (κ3) is 2.60. The fraction of sp³-hybridized carbons (Fsp3) is 0. The molecule has 0 saturated heterocycles. The largest absolute Gasteiger partial charge is 0.289 e. The second-order valence-corrected chi connectivity index (χ2v) is 3.85. The SMILES string of the molecule is O=C(Nc1nccnn1)c1cccc(Br)c1. The molecule has 80 valence electrons. The number of amides is 1. The van der Waals surface area contributed by atoms with E-state index in [-0.39, 0.29) is 11.9 Å². The molecule has 2 rings (SSSR count). The molecule has 0 radical (unpaired) electrons. The quantitative estimate of drug-likeness (QED) is 0.911. The van der Waals surface area contributed by atoms with Crippen LogP contribution in [-0.4, -0.2) is 21.1 Å². The van der Waals surface area contributed by atoms with Crippen molar-refractivity contribution in [1.29, 1.82) is 0 Å². The normalized spacial score (nSPS) is 9.81. The molecule has 2 aromatic rings. The first-order chi connectivity index (χ1) is 7.75. The van der Waals surface area contributed by atoms with Crippen LogP contribution in [0.2, 0.25) is 0 Å². The molecule has 5 nitrogen and oxygen atoms in total. The van der Waals surface area contributed by atoms with Crippen LogP contribution in [0.1, 0.15) is 10.4 Å². The van der Waals surface area contributed by atoms with Crippen LogP contribution >= 0.6 is 15.9 Å².